The van der Waals surface area contributed by atoms with E-state index >= 15 is 0 Å². The number of carbonyl (C=O) groups is 3. The van der Waals surface area contributed by atoms with Gasteiger partial charge in [-0.1, -0.05) is 13.8 Å². The fourth-order valence-corrected chi connectivity index (χ4v) is 2.36. The van der Waals surface area contributed by atoms with Crippen molar-refractivity contribution >= 4 is 18.0 Å². The second-order valence-electron chi connectivity index (χ2n) is 6.00. The van der Waals surface area contributed by atoms with E-state index in [-0.39, 0.29) is 17.8 Å². The fourth-order valence-electron chi connectivity index (χ4n) is 2.36. The molecule has 1 saturated carbocycles. The van der Waals surface area contributed by atoms with E-state index in [0.29, 0.717) is 19.4 Å². The maximum absolute atomic E-state index is 11.6. The SMILES string of the molecule is CC(C)C(=O)O[C@H](C)OC(=O)NC[C@H]1CC[C@H](C(=O)O)CC1. The van der Waals surface area contributed by atoms with Gasteiger partial charge in [-0.3, -0.25) is 9.59 Å². The smallest absolute Gasteiger partial charge is 0.410 e. The van der Waals surface area contributed by atoms with E-state index in [1.54, 1.807) is 13.8 Å². The Kier molecular flexibility index (Phi) is 7.14. The zero-order chi connectivity index (χ0) is 16.7. The number of aliphatic carboxylic acids is 1. The molecule has 0 spiro atoms. The zero-order valence-electron chi connectivity index (χ0n) is 13.3. The van der Waals surface area contributed by atoms with Gasteiger partial charge in [-0.15, -0.1) is 0 Å². The third-order valence-electron chi connectivity index (χ3n) is 3.76. The third-order valence-corrected chi connectivity index (χ3v) is 3.76. The molecule has 0 aromatic rings. The largest absolute Gasteiger partial charge is 0.481 e. The summed E-state index contributed by atoms with van der Waals surface area (Å²) in [6.07, 6.45) is 1.25. The molecule has 2 N–H and O–H groups in total. The maximum Gasteiger partial charge on any atom is 0.410 e. The Morgan fingerprint density at radius 3 is 2.18 bits per heavy atom. The van der Waals surface area contributed by atoms with Crippen molar-refractivity contribution in [2.45, 2.75) is 52.7 Å². The molecular formula is C15H25NO6. The first-order chi connectivity index (χ1) is 10.3. The first kappa shape index (κ1) is 18.3. The van der Waals surface area contributed by atoms with E-state index in [2.05, 4.69) is 5.32 Å². The summed E-state index contributed by atoms with van der Waals surface area (Å²) in [6.45, 7) is 5.32. The minimum Gasteiger partial charge on any atom is -0.481 e. The summed E-state index contributed by atoms with van der Waals surface area (Å²) < 4.78 is 9.86. The molecular weight excluding hydrogens is 290 g/mol. The Hall–Kier alpha value is -1.79. The Balaban J connectivity index is 2.21. The molecule has 1 rings (SSSR count). The van der Waals surface area contributed by atoms with Gasteiger partial charge in [0.05, 0.1) is 11.8 Å². The highest BCUT2D eigenvalue weighted by molar-refractivity contribution is 5.72. The molecule has 0 unspecified atom stereocenters. The molecule has 0 aromatic carbocycles. The van der Waals surface area contributed by atoms with Crippen molar-refractivity contribution < 1.29 is 29.0 Å². The Bertz CT molecular complexity index is 401. The van der Waals surface area contributed by atoms with E-state index in [1.807, 2.05) is 0 Å². The summed E-state index contributed by atoms with van der Waals surface area (Å²) in [5.41, 5.74) is 0. The summed E-state index contributed by atoms with van der Waals surface area (Å²) in [6, 6.07) is 0. The second-order valence-corrected chi connectivity index (χ2v) is 6.00. The molecule has 1 atom stereocenters. The number of amides is 1. The fraction of sp³-hybridized carbons (Fsp3) is 0.800. The van der Waals surface area contributed by atoms with Crippen LogP contribution in [-0.2, 0) is 19.1 Å². The highest BCUT2D eigenvalue weighted by Gasteiger charge is 2.26. The van der Waals surface area contributed by atoms with Crippen LogP contribution in [-0.4, -0.2) is 36.0 Å². The Morgan fingerprint density at radius 2 is 1.68 bits per heavy atom. The minimum atomic E-state index is -0.933. The number of esters is 1. The highest BCUT2D eigenvalue weighted by Crippen LogP contribution is 2.28. The molecule has 0 aliphatic heterocycles. The quantitative estimate of drug-likeness (QED) is 0.575. The van der Waals surface area contributed by atoms with Crippen molar-refractivity contribution in [2.24, 2.45) is 17.8 Å². The predicted octanol–water partition coefficient (Wildman–Crippen LogP) is 2.15. The number of hydrogen-bond acceptors (Lipinski definition) is 5. The normalized spacial score (nSPS) is 22.7. The molecule has 1 fully saturated rings. The molecule has 22 heavy (non-hydrogen) atoms. The number of ether oxygens (including phenoxy) is 2. The summed E-state index contributed by atoms with van der Waals surface area (Å²) in [5, 5.41) is 11.6. The molecule has 0 heterocycles. The molecule has 1 aliphatic rings. The summed E-state index contributed by atoms with van der Waals surface area (Å²) >= 11 is 0. The van der Waals surface area contributed by atoms with Crippen molar-refractivity contribution in [3.8, 4) is 0 Å². The number of alkyl carbamates (subject to hydrolysis) is 1. The monoisotopic (exact) mass is 315 g/mol. The first-order valence-corrected chi connectivity index (χ1v) is 7.67. The highest BCUT2D eigenvalue weighted by atomic mass is 16.7. The van der Waals surface area contributed by atoms with Crippen LogP contribution in [0.1, 0.15) is 46.5 Å². The average molecular weight is 315 g/mol. The lowest BCUT2D eigenvalue weighted by molar-refractivity contribution is -0.168. The van der Waals surface area contributed by atoms with Crippen LogP contribution in [0, 0.1) is 17.8 Å². The first-order valence-electron chi connectivity index (χ1n) is 7.67. The number of carboxylic acid groups (broad SMARTS) is 1. The van der Waals surface area contributed by atoms with Crippen LogP contribution in [0.3, 0.4) is 0 Å². The van der Waals surface area contributed by atoms with Crippen LogP contribution in [0.5, 0.6) is 0 Å². The molecule has 0 saturated heterocycles. The standard InChI is InChI=1S/C15H25NO6/c1-9(2)14(19)21-10(3)22-15(20)16-8-11-4-6-12(7-5-11)13(17)18/h9-12H,4-8H2,1-3H3,(H,16,20)(H,17,18)/t10-,11-,12-/m0/s1. The van der Waals surface area contributed by atoms with Crippen LogP contribution in [0.4, 0.5) is 4.79 Å². The van der Waals surface area contributed by atoms with Crippen molar-refractivity contribution in [1.29, 1.82) is 0 Å². The lowest BCUT2D eigenvalue weighted by Crippen LogP contribution is -2.35. The summed E-state index contributed by atoms with van der Waals surface area (Å²) in [5.74, 6) is -1.45. The van der Waals surface area contributed by atoms with Crippen molar-refractivity contribution in [2.75, 3.05) is 6.54 Å². The average Bonchev–Trinajstić information content (AvgIpc) is 2.45. The number of carboxylic acids is 1. The van der Waals surface area contributed by atoms with Crippen molar-refractivity contribution in [3.63, 3.8) is 0 Å². The van der Waals surface area contributed by atoms with Gasteiger partial charge in [0.15, 0.2) is 0 Å². The van der Waals surface area contributed by atoms with Gasteiger partial charge < -0.3 is 19.9 Å². The van der Waals surface area contributed by atoms with Crippen molar-refractivity contribution in [3.05, 3.63) is 0 Å². The Morgan fingerprint density at radius 1 is 1.09 bits per heavy atom. The van der Waals surface area contributed by atoms with E-state index < -0.39 is 24.3 Å². The second kappa shape index (κ2) is 8.60. The molecule has 7 nitrogen and oxygen atoms in total. The zero-order valence-corrected chi connectivity index (χ0v) is 13.3. The van der Waals surface area contributed by atoms with Gasteiger partial charge in [-0.2, -0.15) is 0 Å². The molecule has 0 radical (unpaired) electrons. The minimum absolute atomic E-state index is 0.261. The molecule has 1 amide bonds. The van der Waals surface area contributed by atoms with Gasteiger partial charge in [0, 0.05) is 13.5 Å². The summed E-state index contributed by atoms with van der Waals surface area (Å²) in [4.78, 5) is 33.8. The molecule has 0 bridgehead atoms. The molecule has 1 aliphatic carbocycles. The van der Waals surface area contributed by atoms with Crippen LogP contribution in [0.2, 0.25) is 0 Å². The van der Waals surface area contributed by atoms with Crippen LogP contribution in [0.25, 0.3) is 0 Å². The van der Waals surface area contributed by atoms with E-state index in [4.69, 9.17) is 14.6 Å². The maximum atomic E-state index is 11.6. The predicted molar refractivity (Wildman–Crippen MR) is 78.0 cm³/mol. The van der Waals surface area contributed by atoms with Crippen molar-refractivity contribution in [1.82, 2.24) is 5.32 Å². The molecule has 7 heteroatoms. The van der Waals surface area contributed by atoms with Gasteiger partial charge in [0.2, 0.25) is 6.29 Å². The van der Waals surface area contributed by atoms with Crippen LogP contribution in [0.15, 0.2) is 0 Å². The number of nitrogens with one attached hydrogen (secondary N) is 1. The van der Waals surface area contributed by atoms with Crippen LogP contribution < -0.4 is 5.32 Å². The lowest BCUT2D eigenvalue weighted by atomic mass is 9.82. The van der Waals surface area contributed by atoms with Gasteiger partial charge in [-0.25, -0.2) is 4.79 Å². The summed E-state index contributed by atoms with van der Waals surface area (Å²) in [7, 11) is 0. The number of carbonyl (C=O) groups excluding carboxylic acids is 2. The van der Waals surface area contributed by atoms with Gasteiger partial charge in [-0.05, 0) is 31.6 Å². The molecule has 0 aromatic heterocycles. The lowest BCUT2D eigenvalue weighted by Gasteiger charge is -2.26. The van der Waals surface area contributed by atoms with E-state index in [0.717, 1.165) is 12.8 Å². The molecule has 126 valence electrons. The third kappa shape index (κ3) is 6.32. The number of rotatable bonds is 6. The van der Waals surface area contributed by atoms with E-state index in [9.17, 15) is 14.4 Å². The van der Waals surface area contributed by atoms with Gasteiger partial charge in [0.25, 0.3) is 0 Å². The van der Waals surface area contributed by atoms with Gasteiger partial charge >= 0.3 is 18.0 Å². The van der Waals surface area contributed by atoms with E-state index in [1.165, 1.54) is 6.92 Å². The van der Waals surface area contributed by atoms with Crippen LogP contribution >= 0.6 is 0 Å². The Labute approximate surface area is 130 Å². The topological polar surface area (TPSA) is 102 Å². The number of hydrogen-bond donors (Lipinski definition) is 2. The van der Waals surface area contributed by atoms with Gasteiger partial charge in [0.1, 0.15) is 0 Å².